The summed E-state index contributed by atoms with van der Waals surface area (Å²) in [6.45, 7) is 7.91. The van der Waals surface area contributed by atoms with E-state index in [0.717, 1.165) is 16.6 Å². The number of nitrogens with zero attached hydrogens (tertiary/aromatic N) is 1. The van der Waals surface area contributed by atoms with Crippen molar-refractivity contribution in [1.82, 2.24) is 15.3 Å². The van der Waals surface area contributed by atoms with Crippen LogP contribution in [0.15, 0.2) is 18.2 Å². The number of benzene rings is 1. The number of carbonyl (C=O) groups excluding carboxylic acids is 1. The summed E-state index contributed by atoms with van der Waals surface area (Å²) in [7, 11) is 0. The van der Waals surface area contributed by atoms with E-state index in [1.54, 1.807) is 0 Å². The molecule has 2 rings (SSSR count). The number of aromatic amines is 1. The molecular formula is C15H22N4O. The third-order valence-corrected chi connectivity index (χ3v) is 3.21. The number of rotatable bonds is 5. The molecule has 5 heteroatoms. The minimum atomic E-state index is -0.302. The van der Waals surface area contributed by atoms with Gasteiger partial charge in [0.15, 0.2) is 11.7 Å². The molecule has 0 aliphatic rings. The van der Waals surface area contributed by atoms with Crippen LogP contribution in [0.1, 0.15) is 39.3 Å². The first kappa shape index (κ1) is 14.5. The van der Waals surface area contributed by atoms with Gasteiger partial charge in [0.05, 0.1) is 17.1 Å². The van der Waals surface area contributed by atoms with E-state index in [2.05, 4.69) is 15.3 Å². The molecule has 20 heavy (non-hydrogen) atoms. The number of nitrogens with one attached hydrogen (secondary N) is 2. The summed E-state index contributed by atoms with van der Waals surface area (Å²) < 4.78 is 0. The molecule has 4 N–H and O–H groups in total. The minimum Gasteiger partial charge on any atom is -0.369 e. The molecule has 0 unspecified atom stereocenters. The minimum absolute atomic E-state index is 0.0196. The number of H-pyrrole nitrogens is 1. The van der Waals surface area contributed by atoms with Crippen LogP contribution in [0.2, 0.25) is 0 Å². The van der Waals surface area contributed by atoms with Gasteiger partial charge in [-0.25, -0.2) is 4.98 Å². The zero-order chi connectivity index (χ0) is 14.9. The van der Waals surface area contributed by atoms with Crippen LogP contribution in [0.25, 0.3) is 11.0 Å². The summed E-state index contributed by atoms with van der Waals surface area (Å²) in [6, 6.07) is 5.69. The number of anilines is 1. The first-order valence-corrected chi connectivity index (χ1v) is 6.93. The maximum Gasteiger partial charge on any atom is 0.198 e. The summed E-state index contributed by atoms with van der Waals surface area (Å²) in [5, 5.41) is 3.33. The van der Waals surface area contributed by atoms with Crippen LogP contribution in [0, 0.1) is 5.92 Å². The molecule has 5 nitrogen and oxygen atoms in total. The van der Waals surface area contributed by atoms with E-state index in [0.29, 0.717) is 5.95 Å². The van der Waals surface area contributed by atoms with Crippen molar-refractivity contribution < 1.29 is 4.79 Å². The summed E-state index contributed by atoms with van der Waals surface area (Å²) in [6.07, 6.45) is 0. The molecule has 0 saturated carbocycles. The number of nitrogen functional groups attached to an aromatic ring is 1. The summed E-state index contributed by atoms with van der Waals surface area (Å²) >= 11 is 0. The van der Waals surface area contributed by atoms with Crippen LogP contribution in [-0.2, 0) is 4.79 Å². The fourth-order valence-corrected chi connectivity index (χ4v) is 2.24. The van der Waals surface area contributed by atoms with Crippen LogP contribution in [-0.4, -0.2) is 21.8 Å². The van der Waals surface area contributed by atoms with E-state index in [4.69, 9.17) is 5.73 Å². The Hall–Kier alpha value is -1.88. The van der Waals surface area contributed by atoms with Gasteiger partial charge in [-0.1, -0.05) is 19.9 Å². The fraction of sp³-hybridized carbons (Fsp3) is 0.467. The van der Waals surface area contributed by atoms with Crippen LogP contribution in [0.5, 0.6) is 0 Å². The zero-order valence-electron chi connectivity index (χ0n) is 12.4. The molecule has 0 bridgehead atoms. The number of fused-ring (bicyclic) bond motifs is 1. The Labute approximate surface area is 119 Å². The van der Waals surface area contributed by atoms with Crippen LogP contribution >= 0.6 is 0 Å². The molecule has 0 spiro atoms. The number of hydrogen-bond donors (Lipinski definition) is 3. The van der Waals surface area contributed by atoms with Gasteiger partial charge in [0.2, 0.25) is 0 Å². The molecule has 0 fully saturated rings. The number of nitrogens with two attached hydrogens (primary N) is 1. The molecule has 1 atom stereocenters. The molecule has 0 aliphatic carbocycles. The van der Waals surface area contributed by atoms with Crippen molar-refractivity contribution in [2.45, 2.75) is 39.8 Å². The number of hydrogen-bond acceptors (Lipinski definition) is 4. The zero-order valence-corrected chi connectivity index (χ0v) is 12.4. The molecule has 1 heterocycles. The van der Waals surface area contributed by atoms with Gasteiger partial charge in [-0.05, 0) is 31.5 Å². The lowest BCUT2D eigenvalue weighted by Gasteiger charge is -2.22. The normalized spacial score (nSPS) is 13.3. The van der Waals surface area contributed by atoms with Gasteiger partial charge in [-0.15, -0.1) is 0 Å². The van der Waals surface area contributed by atoms with Gasteiger partial charge in [0, 0.05) is 12.0 Å². The molecule has 2 aromatic rings. The Kier molecular flexibility index (Phi) is 4.09. The summed E-state index contributed by atoms with van der Waals surface area (Å²) in [4.78, 5) is 19.6. The third kappa shape index (κ3) is 2.99. The monoisotopic (exact) mass is 274 g/mol. The van der Waals surface area contributed by atoms with Gasteiger partial charge in [0.25, 0.3) is 0 Å². The van der Waals surface area contributed by atoms with Gasteiger partial charge in [-0.3, -0.25) is 4.79 Å². The number of aromatic nitrogens is 2. The number of carbonyl (C=O) groups is 1. The number of Topliss-reactive ketones (excluding diaryl/α,β-unsaturated/α-hetero) is 1. The Morgan fingerprint density at radius 2 is 2.00 bits per heavy atom. The first-order chi connectivity index (χ1) is 9.38. The van der Waals surface area contributed by atoms with Crippen molar-refractivity contribution >= 4 is 22.8 Å². The van der Waals surface area contributed by atoms with E-state index in [9.17, 15) is 4.79 Å². The maximum absolute atomic E-state index is 12.4. The number of ketones is 1. The highest BCUT2D eigenvalue weighted by Crippen LogP contribution is 2.23. The van der Waals surface area contributed by atoms with Crippen molar-refractivity contribution in [2.75, 3.05) is 5.73 Å². The second-order valence-electron chi connectivity index (χ2n) is 5.71. The van der Waals surface area contributed by atoms with E-state index >= 15 is 0 Å². The standard InChI is InChI=1S/C15H22N4O/c1-8(2)14(20)13(17-9(3)4)10-5-6-11-12(7-10)19-15(16)18-11/h5-9,13,17H,1-4H3,(H3,16,18,19)/t13-/m0/s1. The Morgan fingerprint density at radius 1 is 1.30 bits per heavy atom. The quantitative estimate of drug-likeness (QED) is 0.781. The molecule has 1 aromatic carbocycles. The van der Waals surface area contributed by atoms with Crippen molar-refractivity contribution in [3.05, 3.63) is 23.8 Å². The topological polar surface area (TPSA) is 83.8 Å². The lowest BCUT2D eigenvalue weighted by Crippen LogP contribution is -2.35. The Morgan fingerprint density at radius 3 is 2.60 bits per heavy atom. The van der Waals surface area contributed by atoms with Crippen LogP contribution in [0.4, 0.5) is 5.95 Å². The molecule has 0 amide bonds. The molecule has 0 radical (unpaired) electrons. The average molecular weight is 274 g/mol. The summed E-state index contributed by atoms with van der Waals surface area (Å²) in [5.41, 5.74) is 8.26. The highest BCUT2D eigenvalue weighted by molar-refractivity contribution is 5.88. The van der Waals surface area contributed by atoms with E-state index in [1.165, 1.54) is 0 Å². The van der Waals surface area contributed by atoms with Crippen molar-refractivity contribution in [2.24, 2.45) is 5.92 Å². The fourth-order valence-electron chi connectivity index (χ4n) is 2.24. The van der Waals surface area contributed by atoms with Gasteiger partial charge >= 0.3 is 0 Å². The second-order valence-corrected chi connectivity index (χ2v) is 5.71. The molecule has 0 aliphatic heterocycles. The lowest BCUT2D eigenvalue weighted by molar-refractivity contribution is -0.124. The van der Waals surface area contributed by atoms with Gasteiger partial charge in [0.1, 0.15) is 0 Å². The Bertz CT molecular complexity index is 615. The first-order valence-electron chi connectivity index (χ1n) is 6.93. The predicted molar refractivity (Wildman–Crippen MR) is 81.4 cm³/mol. The SMILES string of the molecule is CC(C)N[C@H](C(=O)C(C)C)c1ccc2nc(N)[nH]c2c1. The maximum atomic E-state index is 12.4. The van der Waals surface area contributed by atoms with E-state index in [1.807, 2.05) is 45.9 Å². The largest absolute Gasteiger partial charge is 0.369 e. The van der Waals surface area contributed by atoms with Crippen molar-refractivity contribution in [3.63, 3.8) is 0 Å². The van der Waals surface area contributed by atoms with E-state index < -0.39 is 0 Å². The molecule has 108 valence electrons. The second kappa shape index (κ2) is 5.63. The Balaban J connectivity index is 2.41. The highest BCUT2D eigenvalue weighted by atomic mass is 16.1. The number of imidazole rings is 1. The molecule has 1 aromatic heterocycles. The highest BCUT2D eigenvalue weighted by Gasteiger charge is 2.24. The molecule has 0 saturated heterocycles. The van der Waals surface area contributed by atoms with Gasteiger partial charge < -0.3 is 16.0 Å². The third-order valence-electron chi connectivity index (χ3n) is 3.21. The predicted octanol–water partition coefficient (Wildman–Crippen LogP) is 2.41. The average Bonchev–Trinajstić information content (AvgIpc) is 2.73. The molecular weight excluding hydrogens is 252 g/mol. The van der Waals surface area contributed by atoms with E-state index in [-0.39, 0.29) is 23.8 Å². The summed E-state index contributed by atoms with van der Waals surface area (Å²) in [5.74, 6) is 0.556. The van der Waals surface area contributed by atoms with Crippen LogP contribution in [0.3, 0.4) is 0 Å². The van der Waals surface area contributed by atoms with Crippen LogP contribution < -0.4 is 11.1 Å². The van der Waals surface area contributed by atoms with Crippen molar-refractivity contribution in [1.29, 1.82) is 0 Å². The lowest BCUT2D eigenvalue weighted by atomic mass is 9.94. The van der Waals surface area contributed by atoms with Gasteiger partial charge in [-0.2, -0.15) is 0 Å². The van der Waals surface area contributed by atoms with Crippen molar-refractivity contribution in [3.8, 4) is 0 Å². The smallest absolute Gasteiger partial charge is 0.198 e.